The van der Waals surface area contributed by atoms with Crippen molar-refractivity contribution in [2.24, 2.45) is 0 Å². The lowest BCUT2D eigenvalue weighted by Crippen LogP contribution is -2.46. The first kappa shape index (κ1) is 21.2. The molecule has 19 heavy (non-hydrogen) atoms. The summed E-state index contributed by atoms with van der Waals surface area (Å²) in [6, 6.07) is 0. The van der Waals surface area contributed by atoms with Crippen molar-refractivity contribution in [2.75, 3.05) is 13.7 Å². The van der Waals surface area contributed by atoms with E-state index in [0.29, 0.717) is 6.42 Å². The summed E-state index contributed by atoms with van der Waals surface area (Å²) in [5.41, 5.74) is 0.554. The summed E-state index contributed by atoms with van der Waals surface area (Å²) in [6.45, 7) is 3.88. The molecule has 0 spiro atoms. The van der Waals surface area contributed by atoms with Gasteiger partial charge in [0.25, 0.3) is 7.82 Å². The van der Waals surface area contributed by atoms with Gasteiger partial charge in [0, 0.05) is 0 Å². The molecule has 0 amide bonds. The fourth-order valence-corrected chi connectivity index (χ4v) is 2.52. The Hall–Kier alpha value is -0.140. The molecule has 0 saturated carbocycles. The van der Waals surface area contributed by atoms with E-state index in [2.05, 4.69) is 14.8 Å². The minimum absolute atomic E-state index is 0.192. The molecule has 0 bridgehead atoms. The Morgan fingerprint density at radius 3 is 1.84 bits per heavy atom. The molecule has 1 unspecified atom stereocenters. The molecule has 3 N–H and O–H groups in total. The minimum Gasteiger partial charge on any atom is -0.756 e. The van der Waals surface area contributed by atoms with Crippen LogP contribution in [-0.2, 0) is 13.6 Å². The van der Waals surface area contributed by atoms with E-state index in [1.165, 1.54) is 13.8 Å². The normalized spacial score (nSPS) is 15.4. The summed E-state index contributed by atoms with van der Waals surface area (Å²) in [4.78, 5) is 11.3. The third kappa shape index (κ3) is 6.72. The van der Waals surface area contributed by atoms with Crippen molar-refractivity contribution in [3.05, 3.63) is 0 Å². The van der Waals surface area contributed by atoms with E-state index < -0.39 is 32.4 Å². The first-order valence-electron chi connectivity index (χ1n) is 6.08. The Morgan fingerprint density at radius 2 is 1.58 bits per heavy atom. The zero-order valence-electron chi connectivity index (χ0n) is 11.7. The van der Waals surface area contributed by atoms with Crippen LogP contribution in [0.2, 0.25) is 0 Å². The SMILES string of the molecule is CCCOP(=O)([O-])OC(CC)(CC)C(F)(F)F.C[NH3+]. The Bertz CT molecular complexity index is 282. The summed E-state index contributed by atoms with van der Waals surface area (Å²) in [5.74, 6) is 0. The van der Waals surface area contributed by atoms with Crippen LogP contribution < -0.4 is 10.6 Å². The highest BCUT2D eigenvalue weighted by atomic mass is 31.2. The lowest BCUT2D eigenvalue weighted by atomic mass is 9.97. The van der Waals surface area contributed by atoms with Gasteiger partial charge in [-0.15, -0.1) is 0 Å². The Kier molecular flexibility index (Phi) is 9.93. The molecule has 1 atom stereocenters. The zero-order chi connectivity index (χ0) is 15.7. The maximum atomic E-state index is 12.8. The van der Waals surface area contributed by atoms with E-state index in [1.807, 2.05) is 0 Å². The molecule has 0 saturated heterocycles. The van der Waals surface area contributed by atoms with Crippen LogP contribution in [0.4, 0.5) is 13.2 Å². The van der Waals surface area contributed by atoms with E-state index in [0.717, 1.165) is 0 Å². The summed E-state index contributed by atoms with van der Waals surface area (Å²) < 4.78 is 58.2. The number of hydrogen-bond donors (Lipinski definition) is 1. The summed E-state index contributed by atoms with van der Waals surface area (Å²) in [5, 5.41) is 0. The molecular formula is C10H23F3NO4P. The topological polar surface area (TPSA) is 86.2 Å². The highest BCUT2D eigenvalue weighted by Gasteiger charge is 2.55. The molecule has 118 valence electrons. The van der Waals surface area contributed by atoms with Crippen molar-refractivity contribution < 1.29 is 37.4 Å². The standard InChI is InChI=1S/C9H18F3O4P.CH5N/c1-4-7-15-17(13,14)16-8(5-2,6-3)9(10,11)12;1-2/h4-7H2,1-3H3,(H,13,14);2H2,1H3. The van der Waals surface area contributed by atoms with Crippen LogP contribution in [-0.4, -0.2) is 25.4 Å². The van der Waals surface area contributed by atoms with Gasteiger partial charge in [0.15, 0.2) is 5.60 Å². The quantitative estimate of drug-likeness (QED) is 0.727. The molecular weight excluding hydrogens is 286 g/mol. The van der Waals surface area contributed by atoms with Gasteiger partial charge in [-0.25, -0.2) is 0 Å². The molecule has 0 aromatic heterocycles. The summed E-state index contributed by atoms with van der Waals surface area (Å²) >= 11 is 0. The second-order valence-electron chi connectivity index (χ2n) is 3.57. The highest BCUT2D eigenvalue weighted by Crippen LogP contribution is 2.51. The Balaban J connectivity index is 0. The number of quaternary nitrogens is 1. The number of phosphoric acid groups is 1. The third-order valence-electron chi connectivity index (χ3n) is 2.40. The molecule has 0 aromatic carbocycles. The number of hydrogen-bond acceptors (Lipinski definition) is 4. The van der Waals surface area contributed by atoms with Crippen molar-refractivity contribution in [1.82, 2.24) is 0 Å². The molecule has 9 heteroatoms. The van der Waals surface area contributed by atoms with Gasteiger partial charge in [-0.1, -0.05) is 20.8 Å². The number of rotatable bonds is 7. The average molecular weight is 309 g/mol. The lowest BCUT2D eigenvalue weighted by molar-refractivity contribution is -0.325. The number of alkyl halides is 3. The summed E-state index contributed by atoms with van der Waals surface area (Å²) in [7, 11) is -3.18. The first-order valence-corrected chi connectivity index (χ1v) is 7.54. The number of halogens is 3. The smallest absolute Gasteiger partial charge is 0.417 e. The van der Waals surface area contributed by atoms with Crippen LogP contribution in [0.15, 0.2) is 0 Å². The van der Waals surface area contributed by atoms with Gasteiger partial charge in [-0.2, -0.15) is 13.2 Å². The lowest BCUT2D eigenvalue weighted by Gasteiger charge is -2.38. The summed E-state index contributed by atoms with van der Waals surface area (Å²) in [6.07, 6.45) is -5.37. The highest BCUT2D eigenvalue weighted by molar-refractivity contribution is 7.45. The first-order chi connectivity index (χ1) is 8.64. The maximum Gasteiger partial charge on any atom is 0.417 e. The van der Waals surface area contributed by atoms with Crippen LogP contribution in [0.3, 0.4) is 0 Å². The molecule has 5 nitrogen and oxygen atoms in total. The molecule has 0 aliphatic rings. The zero-order valence-corrected chi connectivity index (χ0v) is 12.6. The second kappa shape index (κ2) is 8.92. The number of phosphoric ester groups is 1. The molecule has 0 aliphatic carbocycles. The van der Waals surface area contributed by atoms with E-state index >= 15 is 0 Å². The Labute approximate surface area is 111 Å². The van der Waals surface area contributed by atoms with Crippen molar-refractivity contribution in [2.45, 2.75) is 51.8 Å². The average Bonchev–Trinajstić information content (AvgIpc) is 2.34. The largest absolute Gasteiger partial charge is 0.756 e. The van der Waals surface area contributed by atoms with Crippen molar-refractivity contribution in [3.8, 4) is 0 Å². The van der Waals surface area contributed by atoms with Crippen LogP contribution in [0.25, 0.3) is 0 Å². The molecule has 0 fully saturated rings. The molecule has 0 radical (unpaired) electrons. The van der Waals surface area contributed by atoms with E-state index in [4.69, 9.17) is 0 Å². The monoisotopic (exact) mass is 309 g/mol. The molecule has 0 rings (SSSR count). The van der Waals surface area contributed by atoms with E-state index in [1.54, 1.807) is 14.0 Å². The Morgan fingerprint density at radius 1 is 1.16 bits per heavy atom. The van der Waals surface area contributed by atoms with Crippen LogP contribution in [0.5, 0.6) is 0 Å². The van der Waals surface area contributed by atoms with Crippen LogP contribution in [0.1, 0.15) is 40.0 Å². The minimum atomic E-state index is -4.93. The second-order valence-corrected chi connectivity index (χ2v) is 4.91. The third-order valence-corrected chi connectivity index (χ3v) is 3.47. The van der Waals surface area contributed by atoms with Gasteiger partial charge in [0.2, 0.25) is 0 Å². The van der Waals surface area contributed by atoms with E-state index in [9.17, 15) is 22.6 Å². The predicted molar refractivity (Wildman–Crippen MR) is 63.1 cm³/mol. The van der Waals surface area contributed by atoms with Crippen molar-refractivity contribution in [3.63, 3.8) is 0 Å². The van der Waals surface area contributed by atoms with Gasteiger partial charge >= 0.3 is 6.18 Å². The maximum absolute atomic E-state index is 12.8. The van der Waals surface area contributed by atoms with Gasteiger partial charge in [0.1, 0.15) is 0 Å². The van der Waals surface area contributed by atoms with Crippen molar-refractivity contribution >= 4 is 7.82 Å². The van der Waals surface area contributed by atoms with Gasteiger partial charge in [-0.05, 0) is 19.3 Å². The van der Waals surface area contributed by atoms with Crippen LogP contribution in [0, 0.1) is 0 Å². The molecule has 0 heterocycles. The van der Waals surface area contributed by atoms with Gasteiger partial charge in [-0.3, -0.25) is 4.57 Å². The fourth-order valence-electron chi connectivity index (χ4n) is 1.28. The molecule has 0 aliphatic heterocycles. The van der Waals surface area contributed by atoms with Gasteiger partial charge in [0.05, 0.1) is 13.7 Å². The van der Waals surface area contributed by atoms with Gasteiger partial charge < -0.3 is 19.7 Å². The van der Waals surface area contributed by atoms with Crippen molar-refractivity contribution in [1.29, 1.82) is 0 Å². The van der Waals surface area contributed by atoms with E-state index in [-0.39, 0.29) is 6.61 Å². The fraction of sp³-hybridized carbons (Fsp3) is 1.00. The van der Waals surface area contributed by atoms with Crippen LogP contribution >= 0.6 is 7.82 Å². The molecule has 0 aromatic rings. The predicted octanol–water partition coefficient (Wildman–Crippen LogP) is 1.88.